The zero-order valence-corrected chi connectivity index (χ0v) is 10.1. The van der Waals surface area contributed by atoms with Gasteiger partial charge < -0.3 is 11.1 Å². The third kappa shape index (κ3) is 1.97. The average Bonchev–Trinajstić information content (AvgIpc) is 2.79. The molecule has 1 aliphatic rings. The molecule has 0 saturated carbocycles. The minimum absolute atomic E-state index is 0.0537. The molecular weight excluding hydrogens is 240 g/mol. The zero-order valence-electron chi connectivity index (χ0n) is 10.1. The predicted molar refractivity (Wildman–Crippen MR) is 73.5 cm³/mol. The summed E-state index contributed by atoms with van der Waals surface area (Å²) in [6, 6.07) is 11.9. The average molecular weight is 252 g/mol. The first-order valence-electron chi connectivity index (χ1n) is 5.96. The molecule has 0 bridgehead atoms. The van der Waals surface area contributed by atoms with Crippen LogP contribution in [-0.4, -0.2) is 18.1 Å². The van der Waals surface area contributed by atoms with Gasteiger partial charge in [-0.3, -0.25) is 9.59 Å². The van der Waals surface area contributed by atoms with Gasteiger partial charge in [-0.15, -0.1) is 0 Å². The number of hydrogen-bond acceptors (Lipinski definition) is 4. The van der Waals surface area contributed by atoms with Crippen molar-refractivity contribution in [2.24, 2.45) is 0 Å². The van der Waals surface area contributed by atoms with E-state index in [9.17, 15) is 9.59 Å². The number of nitrogens with two attached hydrogens (primary N) is 1. The van der Waals surface area contributed by atoms with E-state index in [1.54, 1.807) is 42.5 Å². The number of Topliss-reactive ketones (excluding diaryl/α,β-unsaturated/α-hetero) is 1. The number of carbonyl (C=O) groups excluding carboxylic acids is 2. The van der Waals surface area contributed by atoms with Gasteiger partial charge in [-0.05, 0) is 24.3 Å². The molecule has 1 aliphatic heterocycles. The second kappa shape index (κ2) is 4.24. The number of nitrogens with one attached hydrogen (secondary N) is 1. The van der Waals surface area contributed by atoms with E-state index in [4.69, 9.17) is 5.73 Å². The molecule has 0 unspecified atom stereocenters. The third-order valence-electron chi connectivity index (χ3n) is 3.17. The van der Waals surface area contributed by atoms with Gasteiger partial charge in [0.1, 0.15) is 0 Å². The summed E-state index contributed by atoms with van der Waals surface area (Å²) in [6.45, 7) is 0.297. The van der Waals surface area contributed by atoms with E-state index in [1.165, 1.54) is 0 Å². The van der Waals surface area contributed by atoms with Gasteiger partial charge >= 0.3 is 0 Å². The smallest absolute Gasteiger partial charge is 0.193 e. The number of anilines is 2. The van der Waals surface area contributed by atoms with Crippen LogP contribution >= 0.6 is 0 Å². The normalized spacial score (nSPS) is 12.9. The Bertz CT molecular complexity index is 692. The molecule has 2 aromatic rings. The van der Waals surface area contributed by atoms with Gasteiger partial charge in [0.25, 0.3) is 0 Å². The number of ketones is 2. The van der Waals surface area contributed by atoms with E-state index < -0.39 is 0 Å². The molecule has 0 atom stereocenters. The Kier molecular flexibility index (Phi) is 2.56. The molecule has 0 saturated heterocycles. The first kappa shape index (κ1) is 11.5. The standard InChI is InChI=1S/C15H12N2O2/c16-11-3-1-2-9(6-11)15(19)10-4-5-12-13(7-10)17-8-14(12)18/h1-7,17H,8,16H2. The molecule has 1 heterocycles. The van der Waals surface area contributed by atoms with Crippen molar-refractivity contribution < 1.29 is 9.59 Å². The number of hydrogen-bond donors (Lipinski definition) is 2. The minimum Gasteiger partial charge on any atom is -0.399 e. The first-order chi connectivity index (χ1) is 9.15. The Morgan fingerprint density at radius 2 is 1.89 bits per heavy atom. The Morgan fingerprint density at radius 3 is 2.68 bits per heavy atom. The fraction of sp³-hybridized carbons (Fsp3) is 0.0667. The number of nitrogen functional groups attached to an aromatic ring is 1. The number of rotatable bonds is 2. The molecule has 0 spiro atoms. The minimum atomic E-state index is -0.101. The van der Waals surface area contributed by atoms with Crippen LogP contribution in [0.5, 0.6) is 0 Å². The van der Waals surface area contributed by atoms with Crippen LogP contribution in [0.3, 0.4) is 0 Å². The first-order valence-corrected chi connectivity index (χ1v) is 5.96. The summed E-state index contributed by atoms with van der Waals surface area (Å²) in [5.74, 6) is -0.0470. The summed E-state index contributed by atoms with van der Waals surface area (Å²) >= 11 is 0. The van der Waals surface area contributed by atoms with Crippen LogP contribution in [0.15, 0.2) is 42.5 Å². The second-order valence-corrected chi connectivity index (χ2v) is 4.49. The lowest BCUT2D eigenvalue weighted by molar-refractivity contribution is 0.101. The molecule has 0 fully saturated rings. The maximum atomic E-state index is 12.3. The molecule has 0 aliphatic carbocycles. The topological polar surface area (TPSA) is 72.2 Å². The van der Waals surface area contributed by atoms with Gasteiger partial charge in [0.05, 0.1) is 6.54 Å². The molecule has 0 amide bonds. The monoisotopic (exact) mass is 252 g/mol. The molecule has 4 heteroatoms. The Balaban J connectivity index is 1.99. The lowest BCUT2D eigenvalue weighted by Crippen LogP contribution is -2.02. The van der Waals surface area contributed by atoms with Crippen molar-refractivity contribution >= 4 is 22.9 Å². The lowest BCUT2D eigenvalue weighted by atomic mass is 10.0. The molecular formula is C15H12N2O2. The fourth-order valence-corrected chi connectivity index (χ4v) is 2.19. The van der Waals surface area contributed by atoms with Crippen molar-refractivity contribution in [3.63, 3.8) is 0 Å². The highest BCUT2D eigenvalue weighted by atomic mass is 16.1. The predicted octanol–water partition coefficient (Wildman–Crippen LogP) is 2.11. The van der Waals surface area contributed by atoms with Crippen LogP contribution in [0, 0.1) is 0 Å². The third-order valence-corrected chi connectivity index (χ3v) is 3.17. The van der Waals surface area contributed by atoms with Gasteiger partial charge in [0, 0.05) is 28.1 Å². The van der Waals surface area contributed by atoms with Crippen molar-refractivity contribution in [3.05, 3.63) is 59.2 Å². The molecule has 3 rings (SSSR count). The second-order valence-electron chi connectivity index (χ2n) is 4.49. The molecule has 94 valence electrons. The molecule has 4 nitrogen and oxygen atoms in total. The Morgan fingerprint density at radius 1 is 1.11 bits per heavy atom. The summed E-state index contributed by atoms with van der Waals surface area (Å²) in [7, 11) is 0. The van der Waals surface area contributed by atoms with E-state index in [1.807, 2.05) is 0 Å². The van der Waals surface area contributed by atoms with E-state index >= 15 is 0 Å². The van der Waals surface area contributed by atoms with Gasteiger partial charge in [0.15, 0.2) is 11.6 Å². The van der Waals surface area contributed by atoms with Crippen molar-refractivity contribution in [2.45, 2.75) is 0 Å². The van der Waals surface area contributed by atoms with Crippen LogP contribution in [0.1, 0.15) is 26.3 Å². The van der Waals surface area contributed by atoms with Crippen LogP contribution in [0.4, 0.5) is 11.4 Å². The molecule has 0 aromatic heterocycles. The SMILES string of the molecule is Nc1cccc(C(=O)c2ccc3c(c2)NCC3=O)c1. The highest BCUT2D eigenvalue weighted by Gasteiger charge is 2.20. The van der Waals surface area contributed by atoms with E-state index in [0.29, 0.717) is 28.9 Å². The zero-order chi connectivity index (χ0) is 13.4. The van der Waals surface area contributed by atoms with Gasteiger partial charge in [0.2, 0.25) is 0 Å². The van der Waals surface area contributed by atoms with Crippen molar-refractivity contribution in [2.75, 3.05) is 17.6 Å². The van der Waals surface area contributed by atoms with Gasteiger partial charge in [-0.25, -0.2) is 0 Å². The highest BCUT2D eigenvalue weighted by Crippen LogP contribution is 2.24. The van der Waals surface area contributed by atoms with Gasteiger partial charge in [-0.2, -0.15) is 0 Å². The number of benzene rings is 2. The largest absolute Gasteiger partial charge is 0.399 e. The Hall–Kier alpha value is -2.62. The highest BCUT2D eigenvalue weighted by molar-refractivity contribution is 6.13. The fourth-order valence-electron chi connectivity index (χ4n) is 2.19. The van der Waals surface area contributed by atoms with Crippen molar-refractivity contribution in [1.29, 1.82) is 0 Å². The molecule has 2 aromatic carbocycles. The van der Waals surface area contributed by atoms with E-state index in [2.05, 4.69) is 5.32 Å². The van der Waals surface area contributed by atoms with Gasteiger partial charge in [-0.1, -0.05) is 18.2 Å². The van der Waals surface area contributed by atoms with Crippen molar-refractivity contribution in [1.82, 2.24) is 0 Å². The lowest BCUT2D eigenvalue weighted by Gasteiger charge is -2.04. The summed E-state index contributed by atoms with van der Waals surface area (Å²) in [4.78, 5) is 23.8. The molecule has 3 N–H and O–H groups in total. The Labute approximate surface area is 110 Å². The van der Waals surface area contributed by atoms with E-state index in [-0.39, 0.29) is 11.6 Å². The van der Waals surface area contributed by atoms with Crippen LogP contribution in [0.2, 0.25) is 0 Å². The van der Waals surface area contributed by atoms with Crippen LogP contribution in [0.25, 0.3) is 0 Å². The number of fused-ring (bicyclic) bond motifs is 1. The summed E-state index contributed by atoms with van der Waals surface area (Å²) in [5, 5.41) is 2.98. The number of carbonyl (C=O) groups is 2. The quantitative estimate of drug-likeness (QED) is 0.634. The van der Waals surface area contributed by atoms with Crippen molar-refractivity contribution in [3.8, 4) is 0 Å². The molecule has 0 radical (unpaired) electrons. The van der Waals surface area contributed by atoms with E-state index in [0.717, 1.165) is 5.69 Å². The summed E-state index contributed by atoms with van der Waals surface area (Å²) in [5.41, 5.74) is 8.69. The molecule has 19 heavy (non-hydrogen) atoms. The summed E-state index contributed by atoms with van der Waals surface area (Å²) < 4.78 is 0. The van der Waals surface area contributed by atoms with Crippen LogP contribution < -0.4 is 11.1 Å². The van der Waals surface area contributed by atoms with Crippen LogP contribution in [-0.2, 0) is 0 Å². The summed E-state index contributed by atoms with van der Waals surface area (Å²) in [6.07, 6.45) is 0. The maximum Gasteiger partial charge on any atom is 0.193 e. The maximum absolute atomic E-state index is 12.3.